The molecule has 0 radical (unpaired) electrons. The van der Waals surface area contributed by atoms with E-state index in [0.717, 1.165) is 39.1 Å². The fourth-order valence-corrected chi connectivity index (χ4v) is 2.03. The monoisotopic (exact) mass is 230 g/mol. The van der Waals surface area contributed by atoms with Gasteiger partial charge < -0.3 is 20.5 Å². The molecule has 1 fully saturated rings. The van der Waals surface area contributed by atoms with Crippen LogP contribution in [-0.4, -0.2) is 54.4 Å². The molecule has 3 N–H and O–H groups in total. The van der Waals surface area contributed by atoms with Gasteiger partial charge in [0.1, 0.15) is 6.04 Å². The van der Waals surface area contributed by atoms with Crippen molar-refractivity contribution in [2.45, 2.75) is 38.3 Å². The van der Waals surface area contributed by atoms with Crippen molar-refractivity contribution in [1.29, 1.82) is 0 Å². The third-order valence-corrected chi connectivity index (χ3v) is 2.94. The summed E-state index contributed by atoms with van der Waals surface area (Å²) in [6, 6.07) is -0.743. The molecule has 16 heavy (non-hydrogen) atoms. The minimum absolute atomic E-state index is 0.305. The lowest BCUT2D eigenvalue weighted by molar-refractivity contribution is -0.138. The van der Waals surface area contributed by atoms with Gasteiger partial charge in [0.25, 0.3) is 0 Å². The first-order valence-corrected chi connectivity index (χ1v) is 5.95. The number of hydrogen-bond acceptors (Lipinski definition) is 4. The van der Waals surface area contributed by atoms with Crippen LogP contribution in [0.1, 0.15) is 26.2 Å². The first-order valence-electron chi connectivity index (χ1n) is 5.95. The van der Waals surface area contributed by atoms with Crippen molar-refractivity contribution in [3.63, 3.8) is 0 Å². The van der Waals surface area contributed by atoms with Gasteiger partial charge in [-0.25, -0.2) is 0 Å². The van der Waals surface area contributed by atoms with Crippen LogP contribution in [0.3, 0.4) is 0 Å². The molecular formula is C11H22N2O3. The van der Waals surface area contributed by atoms with Crippen molar-refractivity contribution in [3.8, 4) is 0 Å². The van der Waals surface area contributed by atoms with Gasteiger partial charge in [-0.1, -0.05) is 0 Å². The van der Waals surface area contributed by atoms with E-state index < -0.39 is 12.0 Å². The summed E-state index contributed by atoms with van der Waals surface area (Å²) in [5, 5.41) is 8.68. The molecule has 0 aromatic heterocycles. The van der Waals surface area contributed by atoms with Crippen LogP contribution in [0.4, 0.5) is 0 Å². The van der Waals surface area contributed by atoms with E-state index in [-0.39, 0.29) is 0 Å². The molecule has 5 heteroatoms. The quantitative estimate of drug-likeness (QED) is 0.686. The lowest BCUT2D eigenvalue weighted by atomic mass is 10.1. The number of nitrogens with two attached hydrogens (primary N) is 1. The van der Waals surface area contributed by atoms with Gasteiger partial charge in [-0.3, -0.25) is 4.79 Å². The molecule has 2 unspecified atom stereocenters. The third-order valence-electron chi connectivity index (χ3n) is 2.94. The maximum Gasteiger partial charge on any atom is 0.320 e. The molecule has 1 heterocycles. The molecular weight excluding hydrogens is 208 g/mol. The molecule has 2 atom stereocenters. The number of carboxylic acid groups (broad SMARTS) is 1. The zero-order valence-electron chi connectivity index (χ0n) is 9.89. The lowest BCUT2D eigenvalue weighted by Gasteiger charge is -2.32. The maximum atomic E-state index is 10.6. The van der Waals surface area contributed by atoms with E-state index in [4.69, 9.17) is 15.6 Å². The summed E-state index contributed by atoms with van der Waals surface area (Å²) in [5.74, 6) is -0.918. The van der Waals surface area contributed by atoms with E-state index in [0.29, 0.717) is 12.5 Å². The number of carboxylic acids is 1. The molecule has 0 saturated carbocycles. The summed E-state index contributed by atoms with van der Waals surface area (Å²) in [5.41, 5.74) is 5.47. The average Bonchev–Trinajstić information content (AvgIpc) is 2.26. The van der Waals surface area contributed by atoms with Gasteiger partial charge in [0, 0.05) is 19.7 Å². The Kier molecular flexibility index (Phi) is 5.73. The maximum absolute atomic E-state index is 10.6. The van der Waals surface area contributed by atoms with Crippen LogP contribution >= 0.6 is 0 Å². The van der Waals surface area contributed by atoms with Gasteiger partial charge in [-0.15, -0.1) is 0 Å². The predicted octanol–water partition coefficient (Wildman–Crippen LogP) is 0.289. The number of aliphatic carboxylic acids is 1. The van der Waals surface area contributed by atoms with E-state index in [1.807, 2.05) is 6.92 Å². The molecule has 0 bridgehead atoms. The normalized spacial score (nSPS) is 24.2. The number of ether oxygens (including phenoxy) is 1. The zero-order valence-corrected chi connectivity index (χ0v) is 9.89. The number of nitrogens with zero attached hydrogens (tertiary/aromatic N) is 1. The van der Waals surface area contributed by atoms with Crippen molar-refractivity contribution in [1.82, 2.24) is 4.90 Å². The standard InChI is InChI=1S/C11H22N2O3/c1-2-16-9-4-3-6-13(8-9)7-5-10(12)11(14)15/h9-10H,2-8,12H2,1H3,(H,14,15). The zero-order chi connectivity index (χ0) is 12.0. The van der Waals surface area contributed by atoms with Gasteiger partial charge in [0.2, 0.25) is 0 Å². The Morgan fingerprint density at radius 1 is 1.69 bits per heavy atom. The molecule has 1 rings (SSSR count). The Bertz CT molecular complexity index is 221. The first-order chi connectivity index (χ1) is 7.63. The topological polar surface area (TPSA) is 75.8 Å². The summed E-state index contributed by atoms with van der Waals surface area (Å²) in [7, 11) is 0. The molecule has 0 aliphatic carbocycles. The largest absolute Gasteiger partial charge is 0.480 e. The van der Waals surface area contributed by atoms with Gasteiger partial charge in [0.05, 0.1) is 6.10 Å². The second-order valence-corrected chi connectivity index (χ2v) is 4.25. The summed E-state index contributed by atoms with van der Waals surface area (Å²) < 4.78 is 5.58. The fraction of sp³-hybridized carbons (Fsp3) is 0.909. The molecule has 0 aromatic carbocycles. The van der Waals surface area contributed by atoms with Crippen molar-refractivity contribution in [3.05, 3.63) is 0 Å². The van der Waals surface area contributed by atoms with Gasteiger partial charge in [-0.05, 0) is 32.7 Å². The SMILES string of the molecule is CCOC1CCCN(CCC(N)C(=O)O)C1. The molecule has 1 aliphatic rings. The van der Waals surface area contributed by atoms with Crippen LogP contribution in [0.2, 0.25) is 0 Å². The lowest BCUT2D eigenvalue weighted by Crippen LogP contribution is -2.42. The van der Waals surface area contributed by atoms with Crippen molar-refractivity contribution >= 4 is 5.97 Å². The minimum Gasteiger partial charge on any atom is -0.480 e. The summed E-state index contributed by atoms with van der Waals surface area (Å²) >= 11 is 0. The Morgan fingerprint density at radius 3 is 3.06 bits per heavy atom. The summed E-state index contributed by atoms with van der Waals surface area (Å²) in [6.07, 6.45) is 3.04. The van der Waals surface area contributed by atoms with E-state index in [1.54, 1.807) is 0 Å². The predicted molar refractivity (Wildman–Crippen MR) is 61.3 cm³/mol. The number of rotatable bonds is 6. The Balaban J connectivity index is 2.23. The van der Waals surface area contributed by atoms with Crippen LogP contribution in [-0.2, 0) is 9.53 Å². The fourth-order valence-electron chi connectivity index (χ4n) is 2.03. The van der Waals surface area contributed by atoms with Crippen LogP contribution in [0.5, 0.6) is 0 Å². The third kappa shape index (κ3) is 4.47. The first kappa shape index (κ1) is 13.4. The number of carbonyl (C=O) groups is 1. The van der Waals surface area contributed by atoms with Gasteiger partial charge in [-0.2, -0.15) is 0 Å². The average molecular weight is 230 g/mol. The Hall–Kier alpha value is -0.650. The van der Waals surface area contributed by atoms with E-state index in [2.05, 4.69) is 4.90 Å². The van der Waals surface area contributed by atoms with Gasteiger partial charge >= 0.3 is 5.97 Å². The minimum atomic E-state index is -0.918. The highest BCUT2D eigenvalue weighted by Crippen LogP contribution is 2.13. The smallest absolute Gasteiger partial charge is 0.320 e. The van der Waals surface area contributed by atoms with Crippen LogP contribution < -0.4 is 5.73 Å². The summed E-state index contributed by atoms with van der Waals surface area (Å²) in [6.45, 7) is 5.42. The van der Waals surface area contributed by atoms with Gasteiger partial charge in [0.15, 0.2) is 0 Å². The van der Waals surface area contributed by atoms with Crippen LogP contribution in [0, 0.1) is 0 Å². The Labute approximate surface area is 96.6 Å². The highest BCUT2D eigenvalue weighted by molar-refractivity contribution is 5.72. The number of hydrogen-bond donors (Lipinski definition) is 2. The second-order valence-electron chi connectivity index (χ2n) is 4.25. The van der Waals surface area contributed by atoms with Crippen molar-refractivity contribution in [2.24, 2.45) is 5.73 Å². The molecule has 0 aromatic rings. The van der Waals surface area contributed by atoms with Crippen LogP contribution in [0.15, 0.2) is 0 Å². The number of piperidine rings is 1. The molecule has 5 nitrogen and oxygen atoms in total. The van der Waals surface area contributed by atoms with Crippen molar-refractivity contribution in [2.75, 3.05) is 26.2 Å². The van der Waals surface area contributed by atoms with Crippen LogP contribution in [0.25, 0.3) is 0 Å². The Morgan fingerprint density at radius 2 is 2.44 bits per heavy atom. The van der Waals surface area contributed by atoms with E-state index in [9.17, 15) is 4.79 Å². The highest BCUT2D eigenvalue weighted by Gasteiger charge is 2.21. The highest BCUT2D eigenvalue weighted by atomic mass is 16.5. The summed E-state index contributed by atoms with van der Waals surface area (Å²) in [4.78, 5) is 12.8. The molecule has 1 aliphatic heterocycles. The number of likely N-dealkylation sites (tertiary alicyclic amines) is 1. The molecule has 0 spiro atoms. The second kappa shape index (κ2) is 6.83. The molecule has 94 valence electrons. The van der Waals surface area contributed by atoms with E-state index in [1.165, 1.54) is 0 Å². The van der Waals surface area contributed by atoms with E-state index >= 15 is 0 Å². The molecule has 1 saturated heterocycles. The molecule has 0 amide bonds. The van der Waals surface area contributed by atoms with Crippen molar-refractivity contribution < 1.29 is 14.6 Å².